The van der Waals surface area contributed by atoms with Crippen LogP contribution in [-0.2, 0) is 14.3 Å². The number of aromatic nitrogens is 1. The molecule has 0 saturated heterocycles. The number of anilines is 2. The van der Waals surface area contributed by atoms with Crippen LogP contribution in [0.5, 0.6) is 0 Å². The van der Waals surface area contributed by atoms with Gasteiger partial charge in [-0.15, -0.1) is 11.3 Å². The highest BCUT2D eigenvalue weighted by atomic mass is 32.1. The molecule has 0 fully saturated rings. The van der Waals surface area contributed by atoms with Crippen LogP contribution in [0.1, 0.15) is 45.4 Å². The molecular formula is C20H26N4O5S. The molecule has 0 bridgehead atoms. The Labute approximate surface area is 178 Å². The first kappa shape index (κ1) is 23.3. The minimum Gasteiger partial charge on any atom is -0.450 e. The summed E-state index contributed by atoms with van der Waals surface area (Å²) in [7, 11) is 0. The standard InChI is InChI=1S/C20H26N4O5S/c1-2-29-20(27)22-15-10-8-7-9-14(15)16-13-30-19(21-16)23-17(25)11-5-3-4-6-12-18(26)24-28/h7-10,13,28H,2-6,11-12H2,1H3,(H,22,27)(H,24,26)(H,21,23,25). The molecular weight excluding hydrogens is 408 g/mol. The van der Waals surface area contributed by atoms with Crippen molar-refractivity contribution in [2.45, 2.75) is 45.4 Å². The second kappa shape index (κ2) is 12.6. The molecule has 10 heteroatoms. The largest absolute Gasteiger partial charge is 0.450 e. The number of carbonyl (C=O) groups excluding carboxylic acids is 3. The van der Waals surface area contributed by atoms with E-state index in [4.69, 9.17) is 9.94 Å². The maximum atomic E-state index is 12.1. The van der Waals surface area contributed by atoms with E-state index < -0.39 is 12.0 Å². The highest BCUT2D eigenvalue weighted by molar-refractivity contribution is 7.14. The van der Waals surface area contributed by atoms with Gasteiger partial charge < -0.3 is 10.1 Å². The number of hydrogen-bond acceptors (Lipinski definition) is 7. The third-order valence-electron chi connectivity index (χ3n) is 4.15. The maximum absolute atomic E-state index is 12.1. The summed E-state index contributed by atoms with van der Waals surface area (Å²) in [6.07, 6.45) is 3.11. The van der Waals surface area contributed by atoms with E-state index in [2.05, 4.69) is 15.6 Å². The number of unbranched alkanes of at least 4 members (excludes halogenated alkanes) is 3. The average Bonchev–Trinajstić information content (AvgIpc) is 3.19. The molecule has 0 aliphatic rings. The normalized spacial score (nSPS) is 10.3. The molecule has 1 heterocycles. The van der Waals surface area contributed by atoms with Crippen LogP contribution < -0.4 is 16.1 Å². The smallest absolute Gasteiger partial charge is 0.411 e. The summed E-state index contributed by atoms with van der Waals surface area (Å²) in [4.78, 5) is 39.2. The van der Waals surface area contributed by atoms with E-state index in [-0.39, 0.29) is 18.9 Å². The number of rotatable bonds is 11. The number of benzene rings is 1. The summed E-state index contributed by atoms with van der Waals surface area (Å²) < 4.78 is 4.92. The van der Waals surface area contributed by atoms with Crippen molar-refractivity contribution in [3.05, 3.63) is 29.6 Å². The van der Waals surface area contributed by atoms with Crippen LogP contribution in [0.2, 0.25) is 0 Å². The molecule has 0 aliphatic carbocycles. The quantitative estimate of drug-likeness (QED) is 0.239. The first-order valence-corrected chi connectivity index (χ1v) is 10.6. The van der Waals surface area contributed by atoms with Crippen LogP contribution in [0, 0.1) is 0 Å². The van der Waals surface area contributed by atoms with Crippen LogP contribution in [0.4, 0.5) is 15.6 Å². The van der Waals surface area contributed by atoms with Gasteiger partial charge in [0.15, 0.2) is 5.13 Å². The van der Waals surface area contributed by atoms with Crippen molar-refractivity contribution < 1.29 is 24.3 Å². The number of carbonyl (C=O) groups is 3. The topological polar surface area (TPSA) is 130 Å². The van der Waals surface area contributed by atoms with Crippen LogP contribution >= 0.6 is 11.3 Å². The molecule has 3 amide bonds. The van der Waals surface area contributed by atoms with Gasteiger partial charge in [0.05, 0.1) is 18.0 Å². The molecule has 0 radical (unpaired) electrons. The van der Waals surface area contributed by atoms with Crippen LogP contribution in [-0.4, -0.2) is 34.7 Å². The van der Waals surface area contributed by atoms with Gasteiger partial charge in [0.25, 0.3) is 0 Å². The van der Waals surface area contributed by atoms with Crippen LogP contribution in [0.3, 0.4) is 0 Å². The highest BCUT2D eigenvalue weighted by Gasteiger charge is 2.13. The molecule has 2 aromatic rings. The zero-order chi connectivity index (χ0) is 21.8. The fourth-order valence-corrected chi connectivity index (χ4v) is 3.44. The van der Waals surface area contributed by atoms with E-state index in [9.17, 15) is 14.4 Å². The molecule has 0 unspecified atom stereocenters. The molecule has 1 aromatic heterocycles. The Morgan fingerprint density at radius 1 is 1.03 bits per heavy atom. The molecule has 162 valence electrons. The zero-order valence-corrected chi connectivity index (χ0v) is 17.6. The second-order valence-electron chi connectivity index (χ2n) is 6.43. The van der Waals surface area contributed by atoms with Gasteiger partial charge in [0.1, 0.15) is 0 Å². The first-order chi connectivity index (χ1) is 14.5. The van der Waals surface area contributed by atoms with Gasteiger partial charge in [-0.25, -0.2) is 15.3 Å². The van der Waals surface area contributed by atoms with E-state index in [1.165, 1.54) is 11.3 Å². The lowest BCUT2D eigenvalue weighted by Gasteiger charge is -2.09. The number of amides is 3. The number of hydroxylamine groups is 1. The third-order valence-corrected chi connectivity index (χ3v) is 4.91. The van der Waals surface area contributed by atoms with Gasteiger partial charge >= 0.3 is 6.09 Å². The monoisotopic (exact) mass is 434 g/mol. The predicted octanol–water partition coefficient (Wildman–Crippen LogP) is 4.16. The number of ether oxygens (including phenoxy) is 1. The average molecular weight is 435 g/mol. The minimum atomic E-state index is -0.536. The Balaban J connectivity index is 1.83. The van der Waals surface area contributed by atoms with Crippen LogP contribution in [0.25, 0.3) is 11.3 Å². The molecule has 9 nitrogen and oxygen atoms in total. The maximum Gasteiger partial charge on any atom is 0.411 e. The molecule has 0 atom stereocenters. The summed E-state index contributed by atoms with van der Waals surface area (Å²) in [5.41, 5.74) is 3.55. The predicted molar refractivity (Wildman–Crippen MR) is 114 cm³/mol. The van der Waals surface area contributed by atoms with Crippen molar-refractivity contribution in [1.29, 1.82) is 0 Å². The van der Waals surface area contributed by atoms with Gasteiger partial charge in [-0.1, -0.05) is 31.0 Å². The zero-order valence-electron chi connectivity index (χ0n) is 16.8. The van der Waals surface area contributed by atoms with Crippen LogP contribution in [0.15, 0.2) is 29.6 Å². The first-order valence-electron chi connectivity index (χ1n) is 9.75. The molecule has 0 saturated carbocycles. The van der Waals surface area contributed by atoms with Crippen molar-refractivity contribution in [3.8, 4) is 11.3 Å². The van der Waals surface area contributed by atoms with E-state index in [1.807, 2.05) is 17.5 Å². The van der Waals surface area contributed by atoms with Crippen molar-refractivity contribution >= 4 is 40.1 Å². The summed E-state index contributed by atoms with van der Waals surface area (Å²) in [6.45, 7) is 2.01. The van der Waals surface area contributed by atoms with E-state index in [1.54, 1.807) is 24.5 Å². The Kier molecular flexibility index (Phi) is 9.75. The number of nitrogens with zero attached hydrogens (tertiary/aromatic N) is 1. The van der Waals surface area contributed by atoms with Crippen molar-refractivity contribution in [3.63, 3.8) is 0 Å². The van der Waals surface area contributed by atoms with Gasteiger partial charge in [-0.3, -0.25) is 20.1 Å². The van der Waals surface area contributed by atoms with E-state index in [0.717, 1.165) is 18.4 Å². The lowest BCUT2D eigenvalue weighted by Crippen LogP contribution is -2.17. The van der Waals surface area contributed by atoms with Crippen molar-refractivity contribution in [2.24, 2.45) is 0 Å². The third kappa shape index (κ3) is 7.80. The Hall–Kier alpha value is -2.98. The van der Waals surface area contributed by atoms with E-state index >= 15 is 0 Å². The number of hydrogen-bond donors (Lipinski definition) is 4. The molecule has 30 heavy (non-hydrogen) atoms. The Morgan fingerprint density at radius 2 is 1.73 bits per heavy atom. The minimum absolute atomic E-state index is 0.123. The van der Waals surface area contributed by atoms with Gasteiger partial charge in [0.2, 0.25) is 11.8 Å². The summed E-state index contributed by atoms with van der Waals surface area (Å²) in [6, 6.07) is 7.23. The highest BCUT2D eigenvalue weighted by Crippen LogP contribution is 2.30. The van der Waals surface area contributed by atoms with Gasteiger partial charge in [0, 0.05) is 23.8 Å². The summed E-state index contributed by atoms with van der Waals surface area (Å²) in [5, 5.41) is 16.2. The summed E-state index contributed by atoms with van der Waals surface area (Å²) in [5.74, 6) is -0.520. The summed E-state index contributed by atoms with van der Waals surface area (Å²) >= 11 is 1.31. The van der Waals surface area contributed by atoms with E-state index in [0.29, 0.717) is 35.8 Å². The SMILES string of the molecule is CCOC(=O)Nc1ccccc1-c1csc(NC(=O)CCCCCCC(=O)NO)n1. The van der Waals surface area contributed by atoms with Gasteiger partial charge in [-0.05, 0) is 25.8 Å². The number of thiazole rings is 1. The molecule has 0 aliphatic heterocycles. The van der Waals surface area contributed by atoms with Crippen molar-refractivity contribution in [2.75, 3.05) is 17.2 Å². The van der Waals surface area contributed by atoms with Crippen molar-refractivity contribution in [1.82, 2.24) is 10.5 Å². The molecule has 1 aromatic carbocycles. The fraction of sp³-hybridized carbons (Fsp3) is 0.400. The fourth-order valence-electron chi connectivity index (χ4n) is 2.71. The molecule has 4 N–H and O–H groups in total. The Bertz CT molecular complexity index is 855. The second-order valence-corrected chi connectivity index (χ2v) is 7.28. The molecule has 2 rings (SSSR count). The van der Waals surface area contributed by atoms with Gasteiger partial charge in [-0.2, -0.15) is 0 Å². The molecule has 0 spiro atoms. The number of para-hydroxylation sites is 1. The lowest BCUT2D eigenvalue weighted by atomic mass is 10.1. The Morgan fingerprint density at radius 3 is 2.43 bits per heavy atom. The lowest BCUT2D eigenvalue weighted by molar-refractivity contribution is -0.129. The number of nitrogens with one attached hydrogen (secondary N) is 3.